The lowest BCUT2D eigenvalue weighted by molar-refractivity contribution is -0.118. The summed E-state index contributed by atoms with van der Waals surface area (Å²) in [5.41, 5.74) is 0. The first-order valence-electron chi connectivity index (χ1n) is 4.43. The van der Waals surface area contributed by atoms with E-state index in [1.54, 1.807) is 11.8 Å². The van der Waals surface area contributed by atoms with Crippen LogP contribution >= 0.6 is 35.0 Å². The Balaban J connectivity index is 2.20. The minimum atomic E-state index is -0.131. The van der Waals surface area contributed by atoms with Crippen LogP contribution in [0.25, 0.3) is 0 Å². The molecule has 0 fully saturated rings. The Morgan fingerprint density at radius 3 is 2.60 bits per heavy atom. The van der Waals surface area contributed by atoms with Gasteiger partial charge in [-0.15, -0.1) is 23.4 Å². The molecule has 0 aliphatic rings. The predicted molar refractivity (Wildman–Crippen MR) is 65.9 cm³/mol. The number of thioether (sulfide) groups is 1. The van der Waals surface area contributed by atoms with E-state index in [0.717, 1.165) is 15.7 Å². The van der Waals surface area contributed by atoms with Crippen molar-refractivity contribution in [3.8, 4) is 0 Å². The molecule has 0 heterocycles. The van der Waals surface area contributed by atoms with Gasteiger partial charge in [-0.3, -0.25) is 4.79 Å². The Morgan fingerprint density at radius 1 is 1.33 bits per heavy atom. The van der Waals surface area contributed by atoms with Crippen molar-refractivity contribution < 1.29 is 4.79 Å². The third kappa shape index (κ3) is 5.30. The summed E-state index contributed by atoms with van der Waals surface area (Å²) >= 11 is 12.7. The quantitative estimate of drug-likeness (QED) is 0.503. The Labute approximate surface area is 103 Å². The molecule has 1 amide bonds. The zero-order valence-corrected chi connectivity index (χ0v) is 10.3. The number of hydrogen-bond acceptors (Lipinski definition) is 2. The maximum Gasteiger partial charge on any atom is 0.234 e. The zero-order chi connectivity index (χ0) is 11.1. The van der Waals surface area contributed by atoms with Gasteiger partial charge < -0.3 is 5.32 Å². The van der Waals surface area contributed by atoms with Crippen molar-refractivity contribution in [2.45, 2.75) is 4.90 Å². The summed E-state index contributed by atoms with van der Waals surface area (Å²) in [6.07, 6.45) is 0. The van der Waals surface area contributed by atoms with Gasteiger partial charge >= 0.3 is 0 Å². The maximum absolute atomic E-state index is 10.8. The summed E-state index contributed by atoms with van der Waals surface area (Å²) in [5.74, 6) is 0.712. The molecule has 0 saturated heterocycles. The van der Waals surface area contributed by atoms with Crippen molar-refractivity contribution in [3.05, 3.63) is 29.3 Å². The molecule has 0 unspecified atom stereocenters. The summed E-state index contributed by atoms with van der Waals surface area (Å²) in [4.78, 5) is 11.9. The van der Waals surface area contributed by atoms with Gasteiger partial charge in [0.05, 0.1) is 0 Å². The van der Waals surface area contributed by atoms with Crippen molar-refractivity contribution in [1.29, 1.82) is 0 Å². The van der Waals surface area contributed by atoms with Crippen LogP contribution in [0.5, 0.6) is 0 Å². The summed E-state index contributed by atoms with van der Waals surface area (Å²) in [5, 5.41) is 3.43. The molecule has 0 atom stereocenters. The fourth-order valence-corrected chi connectivity index (χ4v) is 1.93. The molecule has 1 N–H and O–H groups in total. The number of rotatable bonds is 5. The van der Waals surface area contributed by atoms with E-state index in [4.69, 9.17) is 23.2 Å². The fraction of sp³-hybridized carbons (Fsp3) is 0.300. The van der Waals surface area contributed by atoms with E-state index < -0.39 is 0 Å². The van der Waals surface area contributed by atoms with Crippen molar-refractivity contribution in [2.24, 2.45) is 0 Å². The van der Waals surface area contributed by atoms with E-state index in [2.05, 4.69) is 5.32 Å². The van der Waals surface area contributed by atoms with Gasteiger partial charge in [-0.25, -0.2) is 0 Å². The number of carbonyl (C=O) groups excluding carboxylic acids is 1. The van der Waals surface area contributed by atoms with Crippen molar-refractivity contribution >= 4 is 40.9 Å². The van der Waals surface area contributed by atoms with Gasteiger partial charge in [-0.05, 0) is 24.3 Å². The zero-order valence-electron chi connectivity index (χ0n) is 8.00. The number of hydrogen-bond donors (Lipinski definition) is 1. The monoisotopic (exact) mass is 263 g/mol. The SMILES string of the molecule is O=C(CCl)NCCSc1ccc(Cl)cc1. The van der Waals surface area contributed by atoms with Gasteiger partial charge in [0.25, 0.3) is 0 Å². The van der Waals surface area contributed by atoms with Crippen LogP contribution in [0, 0.1) is 0 Å². The molecule has 15 heavy (non-hydrogen) atoms. The van der Waals surface area contributed by atoms with Crippen LogP contribution in [0.15, 0.2) is 29.2 Å². The highest BCUT2D eigenvalue weighted by atomic mass is 35.5. The number of halogens is 2. The molecule has 1 aromatic rings. The molecule has 1 aromatic carbocycles. The third-order valence-corrected chi connectivity index (χ3v) is 3.14. The molecule has 0 bridgehead atoms. The van der Waals surface area contributed by atoms with Gasteiger partial charge in [0.2, 0.25) is 5.91 Å². The second-order valence-corrected chi connectivity index (χ2v) is 4.66. The molecule has 5 heteroatoms. The summed E-state index contributed by atoms with van der Waals surface area (Å²) in [6, 6.07) is 7.61. The number of alkyl halides is 1. The Hall–Kier alpha value is -0.380. The summed E-state index contributed by atoms with van der Waals surface area (Å²) in [7, 11) is 0. The molecule has 1 rings (SSSR count). The molecule has 0 aliphatic heterocycles. The number of benzene rings is 1. The first kappa shape index (κ1) is 12.7. The highest BCUT2D eigenvalue weighted by molar-refractivity contribution is 7.99. The minimum Gasteiger partial charge on any atom is -0.354 e. The fourth-order valence-electron chi connectivity index (χ4n) is 0.937. The van der Waals surface area contributed by atoms with E-state index in [0.29, 0.717) is 6.54 Å². The largest absolute Gasteiger partial charge is 0.354 e. The lowest BCUT2D eigenvalue weighted by Crippen LogP contribution is -2.26. The Kier molecular flexibility index (Phi) is 5.91. The average Bonchev–Trinajstić information content (AvgIpc) is 2.26. The Morgan fingerprint density at radius 2 is 2.00 bits per heavy atom. The normalized spacial score (nSPS) is 10.0. The van der Waals surface area contributed by atoms with E-state index >= 15 is 0 Å². The number of amides is 1. The first-order chi connectivity index (χ1) is 7.22. The molecule has 0 aliphatic carbocycles. The lowest BCUT2D eigenvalue weighted by atomic mass is 10.4. The first-order valence-corrected chi connectivity index (χ1v) is 6.33. The van der Waals surface area contributed by atoms with Crippen LogP contribution in [-0.4, -0.2) is 24.1 Å². The van der Waals surface area contributed by atoms with Crippen LogP contribution in [0.1, 0.15) is 0 Å². The smallest absolute Gasteiger partial charge is 0.234 e. The van der Waals surface area contributed by atoms with E-state index in [1.807, 2.05) is 24.3 Å². The second kappa shape index (κ2) is 6.99. The second-order valence-electron chi connectivity index (χ2n) is 2.79. The summed E-state index contributed by atoms with van der Waals surface area (Å²) in [6.45, 7) is 0.624. The Bertz CT molecular complexity index is 316. The highest BCUT2D eigenvalue weighted by Crippen LogP contribution is 2.19. The standard InChI is InChI=1S/C10H11Cl2NOS/c11-7-10(14)13-5-6-15-9-3-1-8(12)2-4-9/h1-4H,5-7H2,(H,13,14). The highest BCUT2D eigenvalue weighted by Gasteiger charge is 1.97. The maximum atomic E-state index is 10.8. The van der Waals surface area contributed by atoms with Gasteiger partial charge in [0, 0.05) is 22.2 Å². The van der Waals surface area contributed by atoms with Crippen LogP contribution in [0.2, 0.25) is 5.02 Å². The van der Waals surface area contributed by atoms with Crippen LogP contribution in [0.4, 0.5) is 0 Å². The van der Waals surface area contributed by atoms with Crippen LogP contribution < -0.4 is 5.32 Å². The van der Waals surface area contributed by atoms with Crippen molar-refractivity contribution in [2.75, 3.05) is 18.2 Å². The third-order valence-electron chi connectivity index (χ3n) is 1.63. The molecule has 0 spiro atoms. The number of carbonyl (C=O) groups is 1. The number of nitrogens with one attached hydrogen (secondary N) is 1. The van der Waals surface area contributed by atoms with Gasteiger partial charge in [-0.2, -0.15) is 0 Å². The lowest BCUT2D eigenvalue weighted by Gasteiger charge is -2.03. The molecule has 82 valence electrons. The predicted octanol–water partition coefficient (Wildman–Crippen LogP) is 2.79. The van der Waals surface area contributed by atoms with Gasteiger partial charge in [-0.1, -0.05) is 11.6 Å². The molecule has 0 aromatic heterocycles. The topological polar surface area (TPSA) is 29.1 Å². The van der Waals surface area contributed by atoms with Crippen molar-refractivity contribution in [1.82, 2.24) is 5.32 Å². The molecule has 0 radical (unpaired) electrons. The van der Waals surface area contributed by atoms with Gasteiger partial charge in [0.15, 0.2) is 0 Å². The molecule has 0 saturated carbocycles. The van der Waals surface area contributed by atoms with Crippen molar-refractivity contribution in [3.63, 3.8) is 0 Å². The molecular weight excluding hydrogens is 253 g/mol. The van der Waals surface area contributed by atoms with Gasteiger partial charge in [0.1, 0.15) is 5.88 Å². The van der Waals surface area contributed by atoms with E-state index in [-0.39, 0.29) is 11.8 Å². The molecule has 2 nitrogen and oxygen atoms in total. The van der Waals surface area contributed by atoms with Crippen LogP contribution in [-0.2, 0) is 4.79 Å². The van der Waals surface area contributed by atoms with E-state index in [1.165, 1.54) is 0 Å². The molecular formula is C10H11Cl2NOS. The average molecular weight is 264 g/mol. The minimum absolute atomic E-state index is 0.0195. The summed E-state index contributed by atoms with van der Waals surface area (Å²) < 4.78 is 0. The van der Waals surface area contributed by atoms with E-state index in [9.17, 15) is 4.79 Å². The van der Waals surface area contributed by atoms with Crippen LogP contribution in [0.3, 0.4) is 0 Å².